The van der Waals surface area contributed by atoms with Crippen LogP contribution in [0, 0.1) is 11.8 Å². The molecular formula is C13H28N2. The van der Waals surface area contributed by atoms with Gasteiger partial charge in [-0.05, 0) is 57.8 Å². The van der Waals surface area contributed by atoms with Crippen LogP contribution in [0.25, 0.3) is 0 Å². The number of nitrogens with one attached hydrogen (secondary N) is 1. The van der Waals surface area contributed by atoms with Crippen molar-refractivity contribution in [1.82, 2.24) is 10.2 Å². The first-order chi connectivity index (χ1) is 7.15. The molecule has 2 heteroatoms. The zero-order chi connectivity index (χ0) is 11.3. The Morgan fingerprint density at radius 3 is 2.27 bits per heavy atom. The topological polar surface area (TPSA) is 15.3 Å². The fourth-order valence-corrected chi connectivity index (χ4v) is 2.33. The lowest BCUT2D eigenvalue weighted by atomic mass is 9.94. The van der Waals surface area contributed by atoms with Crippen molar-refractivity contribution >= 4 is 0 Å². The molecule has 0 bridgehead atoms. The van der Waals surface area contributed by atoms with E-state index >= 15 is 0 Å². The summed E-state index contributed by atoms with van der Waals surface area (Å²) in [6, 6.07) is 0.755. The summed E-state index contributed by atoms with van der Waals surface area (Å²) in [6.07, 6.45) is 2.76. The highest BCUT2D eigenvalue weighted by atomic mass is 15.2. The van der Waals surface area contributed by atoms with E-state index < -0.39 is 0 Å². The minimum atomic E-state index is 0.755. The monoisotopic (exact) mass is 212 g/mol. The van der Waals surface area contributed by atoms with Gasteiger partial charge < -0.3 is 10.2 Å². The van der Waals surface area contributed by atoms with Crippen LogP contribution in [0.3, 0.4) is 0 Å². The van der Waals surface area contributed by atoms with Gasteiger partial charge in [0.1, 0.15) is 0 Å². The molecule has 0 aromatic carbocycles. The molecule has 0 amide bonds. The van der Waals surface area contributed by atoms with Gasteiger partial charge in [-0.25, -0.2) is 0 Å². The molecule has 0 radical (unpaired) electrons. The van der Waals surface area contributed by atoms with E-state index in [4.69, 9.17) is 0 Å². The van der Waals surface area contributed by atoms with E-state index in [0.717, 1.165) is 24.4 Å². The van der Waals surface area contributed by atoms with Crippen molar-refractivity contribution in [3.8, 4) is 0 Å². The maximum atomic E-state index is 3.47. The van der Waals surface area contributed by atoms with E-state index in [1.165, 1.54) is 32.5 Å². The third kappa shape index (κ3) is 4.12. The van der Waals surface area contributed by atoms with Crippen molar-refractivity contribution < 1.29 is 0 Å². The average Bonchev–Trinajstić information content (AvgIpc) is 2.26. The molecule has 90 valence electrons. The number of hydrogen-bond acceptors (Lipinski definition) is 2. The van der Waals surface area contributed by atoms with Crippen LogP contribution in [0.4, 0.5) is 0 Å². The Labute approximate surface area is 95.4 Å². The second-order valence-electron chi connectivity index (χ2n) is 5.27. The van der Waals surface area contributed by atoms with Gasteiger partial charge in [0.05, 0.1) is 0 Å². The Hall–Kier alpha value is -0.0800. The quantitative estimate of drug-likeness (QED) is 0.752. The van der Waals surface area contributed by atoms with Crippen LogP contribution < -0.4 is 5.32 Å². The summed E-state index contributed by atoms with van der Waals surface area (Å²) < 4.78 is 0. The molecule has 0 saturated carbocycles. The molecule has 1 aliphatic rings. The minimum Gasteiger partial charge on any atom is -0.317 e. The van der Waals surface area contributed by atoms with Crippen molar-refractivity contribution in [3.05, 3.63) is 0 Å². The fourth-order valence-electron chi connectivity index (χ4n) is 2.33. The lowest BCUT2D eigenvalue weighted by molar-refractivity contribution is 0.114. The molecule has 1 unspecified atom stereocenters. The molecule has 1 saturated heterocycles. The summed E-state index contributed by atoms with van der Waals surface area (Å²) in [6.45, 7) is 14.2. The minimum absolute atomic E-state index is 0.755. The van der Waals surface area contributed by atoms with Crippen molar-refractivity contribution in [2.45, 2.75) is 46.6 Å². The predicted octanol–water partition coefficient (Wildman–Crippen LogP) is 2.35. The molecule has 0 spiro atoms. The molecular weight excluding hydrogens is 184 g/mol. The van der Waals surface area contributed by atoms with Gasteiger partial charge in [0, 0.05) is 6.04 Å². The van der Waals surface area contributed by atoms with Gasteiger partial charge >= 0.3 is 0 Å². The number of rotatable bonds is 5. The second-order valence-corrected chi connectivity index (χ2v) is 5.27. The van der Waals surface area contributed by atoms with Crippen LogP contribution in [-0.2, 0) is 0 Å². The standard InChI is InChI=1S/C13H28N2/c1-5-14-10-13-6-8-15(9-7-13)12(4)11(2)3/h11-14H,5-10H2,1-4H3. The van der Waals surface area contributed by atoms with E-state index in [2.05, 4.69) is 37.9 Å². The number of hydrogen-bond donors (Lipinski definition) is 1. The summed E-state index contributed by atoms with van der Waals surface area (Å²) in [7, 11) is 0. The van der Waals surface area contributed by atoms with E-state index in [9.17, 15) is 0 Å². The van der Waals surface area contributed by atoms with Crippen LogP contribution in [-0.4, -0.2) is 37.1 Å². The number of piperidine rings is 1. The third-order valence-electron chi connectivity index (χ3n) is 3.87. The Morgan fingerprint density at radius 1 is 1.20 bits per heavy atom. The van der Waals surface area contributed by atoms with Crippen LogP contribution in [0.15, 0.2) is 0 Å². The Bertz CT molecular complexity index is 160. The number of nitrogens with zero attached hydrogens (tertiary/aromatic N) is 1. The van der Waals surface area contributed by atoms with Crippen molar-refractivity contribution in [2.75, 3.05) is 26.2 Å². The molecule has 2 nitrogen and oxygen atoms in total. The van der Waals surface area contributed by atoms with E-state index in [1.807, 2.05) is 0 Å². The summed E-state index contributed by atoms with van der Waals surface area (Å²) in [5, 5.41) is 3.47. The van der Waals surface area contributed by atoms with Gasteiger partial charge in [0.15, 0.2) is 0 Å². The molecule has 1 aliphatic heterocycles. The van der Waals surface area contributed by atoms with Gasteiger partial charge in [-0.3, -0.25) is 0 Å². The van der Waals surface area contributed by atoms with Crippen LogP contribution in [0.1, 0.15) is 40.5 Å². The second kappa shape index (κ2) is 6.49. The summed E-state index contributed by atoms with van der Waals surface area (Å²) in [5.41, 5.74) is 0. The highest BCUT2D eigenvalue weighted by Gasteiger charge is 2.23. The average molecular weight is 212 g/mol. The summed E-state index contributed by atoms with van der Waals surface area (Å²) >= 11 is 0. The first-order valence-corrected chi connectivity index (χ1v) is 6.59. The van der Waals surface area contributed by atoms with Gasteiger partial charge in [-0.1, -0.05) is 20.8 Å². The Kier molecular flexibility index (Phi) is 5.62. The predicted molar refractivity (Wildman–Crippen MR) is 67.1 cm³/mol. The molecule has 0 aliphatic carbocycles. The van der Waals surface area contributed by atoms with E-state index in [0.29, 0.717) is 0 Å². The van der Waals surface area contributed by atoms with E-state index in [-0.39, 0.29) is 0 Å². The molecule has 1 rings (SSSR count). The largest absolute Gasteiger partial charge is 0.317 e. The van der Waals surface area contributed by atoms with E-state index in [1.54, 1.807) is 0 Å². The van der Waals surface area contributed by atoms with Crippen LogP contribution >= 0.6 is 0 Å². The van der Waals surface area contributed by atoms with Crippen molar-refractivity contribution in [3.63, 3.8) is 0 Å². The Morgan fingerprint density at radius 2 is 1.80 bits per heavy atom. The van der Waals surface area contributed by atoms with Crippen molar-refractivity contribution in [1.29, 1.82) is 0 Å². The first kappa shape index (κ1) is 13.0. The van der Waals surface area contributed by atoms with Crippen LogP contribution in [0.2, 0.25) is 0 Å². The van der Waals surface area contributed by atoms with Crippen molar-refractivity contribution in [2.24, 2.45) is 11.8 Å². The molecule has 1 N–H and O–H groups in total. The molecule has 15 heavy (non-hydrogen) atoms. The smallest absolute Gasteiger partial charge is 0.00899 e. The maximum Gasteiger partial charge on any atom is 0.00899 e. The number of likely N-dealkylation sites (tertiary alicyclic amines) is 1. The summed E-state index contributed by atoms with van der Waals surface area (Å²) in [4.78, 5) is 2.66. The maximum absolute atomic E-state index is 3.47. The SMILES string of the molecule is CCNCC1CCN(C(C)C(C)C)CC1. The molecule has 0 aromatic rings. The molecule has 1 atom stereocenters. The molecule has 1 fully saturated rings. The zero-order valence-electron chi connectivity index (χ0n) is 10.9. The lowest BCUT2D eigenvalue weighted by Gasteiger charge is -2.37. The normalized spacial score (nSPS) is 22.2. The fraction of sp³-hybridized carbons (Fsp3) is 1.00. The third-order valence-corrected chi connectivity index (χ3v) is 3.87. The summed E-state index contributed by atoms with van der Waals surface area (Å²) in [5.74, 6) is 1.70. The first-order valence-electron chi connectivity index (χ1n) is 6.59. The molecule has 0 aromatic heterocycles. The highest BCUT2D eigenvalue weighted by Crippen LogP contribution is 2.20. The lowest BCUT2D eigenvalue weighted by Crippen LogP contribution is -2.43. The highest BCUT2D eigenvalue weighted by molar-refractivity contribution is 4.78. The van der Waals surface area contributed by atoms with Gasteiger partial charge in [0.2, 0.25) is 0 Å². The zero-order valence-corrected chi connectivity index (χ0v) is 10.9. The van der Waals surface area contributed by atoms with Crippen LogP contribution in [0.5, 0.6) is 0 Å². The Balaban J connectivity index is 2.23. The van der Waals surface area contributed by atoms with Gasteiger partial charge in [-0.2, -0.15) is 0 Å². The van der Waals surface area contributed by atoms with Gasteiger partial charge in [0.25, 0.3) is 0 Å². The molecule has 1 heterocycles. The van der Waals surface area contributed by atoms with Gasteiger partial charge in [-0.15, -0.1) is 0 Å².